The van der Waals surface area contributed by atoms with Crippen LogP contribution in [-0.4, -0.2) is 36.8 Å². The van der Waals surface area contributed by atoms with Crippen LogP contribution in [0.1, 0.15) is 15.9 Å². The van der Waals surface area contributed by atoms with Crippen molar-refractivity contribution in [2.75, 3.05) is 19.7 Å². The monoisotopic (exact) mass is 250 g/mol. The molecule has 0 radical (unpaired) electrons. The Kier molecular flexibility index (Phi) is 3.66. The van der Waals surface area contributed by atoms with Crippen molar-refractivity contribution < 1.29 is 19.4 Å². The second-order valence-corrected chi connectivity index (χ2v) is 3.91. The number of carbonyl (C=O) groups is 2. The van der Waals surface area contributed by atoms with Gasteiger partial charge in [0, 0.05) is 12.1 Å². The summed E-state index contributed by atoms with van der Waals surface area (Å²) >= 11 is 0. The summed E-state index contributed by atoms with van der Waals surface area (Å²) in [5, 5.41) is 13.4. The lowest BCUT2D eigenvalue weighted by Gasteiger charge is -2.17. The summed E-state index contributed by atoms with van der Waals surface area (Å²) in [6, 6.07) is 5.27. The Balaban J connectivity index is 1.94. The van der Waals surface area contributed by atoms with E-state index in [0.717, 1.165) is 12.0 Å². The molecule has 1 aliphatic heterocycles. The van der Waals surface area contributed by atoms with E-state index >= 15 is 0 Å². The van der Waals surface area contributed by atoms with Crippen LogP contribution in [0.15, 0.2) is 18.2 Å². The Morgan fingerprint density at radius 1 is 1.50 bits per heavy atom. The first-order valence-electron chi connectivity index (χ1n) is 5.67. The standard InChI is InChI=1S/C12H14N2O4/c15-11-10-2-1-9(7-8(10)3-4-13-11)18-6-5-14-12(16)17/h1-2,7,14H,3-6H2,(H,13,15)(H,16,17). The Morgan fingerprint density at radius 3 is 3.11 bits per heavy atom. The van der Waals surface area contributed by atoms with Crippen molar-refractivity contribution in [2.45, 2.75) is 6.42 Å². The van der Waals surface area contributed by atoms with Crippen molar-refractivity contribution in [1.82, 2.24) is 10.6 Å². The fourth-order valence-electron chi connectivity index (χ4n) is 1.82. The Hall–Kier alpha value is -2.24. The van der Waals surface area contributed by atoms with Crippen molar-refractivity contribution in [2.24, 2.45) is 0 Å². The van der Waals surface area contributed by atoms with E-state index in [4.69, 9.17) is 9.84 Å². The lowest BCUT2D eigenvalue weighted by atomic mass is 10.0. The Labute approximate surface area is 104 Å². The average Bonchev–Trinajstić information content (AvgIpc) is 2.35. The highest BCUT2D eigenvalue weighted by atomic mass is 16.5. The molecule has 0 saturated heterocycles. The van der Waals surface area contributed by atoms with Gasteiger partial charge in [-0.1, -0.05) is 0 Å². The number of carbonyl (C=O) groups excluding carboxylic acids is 1. The summed E-state index contributed by atoms with van der Waals surface area (Å²) in [6.07, 6.45) is -0.285. The molecule has 0 fully saturated rings. The zero-order chi connectivity index (χ0) is 13.0. The van der Waals surface area contributed by atoms with Gasteiger partial charge in [-0.2, -0.15) is 0 Å². The summed E-state index contributed by atoms with van der Waals surface area (Å²) in [4.78, 5) is 21.7. The SMILES string of the molecule is O=C(O)NCCOc1ccc2c(c1)CCNC2=O. The highest BCUT2D eigenvalue weighted by molar-refractivity contribution is 5.96. The van der Waals surface area contributed by atoms with Gasteiger partial charge < -0.3 is 20.5 Å². The van der Waals surface area contributed by atoms with Crippen molar-refractivity contribution in [3.05, 3.63) is 29.3 Å². The first-order valence-corrected chi connectivity index (χ1v) is 5.67. The van der Waals surface area contributed by atoms with Crippen LogP contribution in [0.2, 0.25) is 0 Å². The Bertz CT molecular complexity index is 473. The molecule has 0 atom stereocenters. The van der Waals surface area contributed by atoms with Crippen LogP contribution < -0.4 is 15.4 Å². The summed E-state index contributed by atoms with van der Waals surface area (Å²) < 4.78 is 5.40. The molecular formula is C12H14N2O4. The summed E-state index contributed by atoms with van der Waals surface area (Å²) in [7, 11) is 0. The third kappa shape index (κ3) is 2.91. The van der Waals surface area contributed by atoms with Crippen molar-refractivity contribution >= 4 is 12.0 Å². The second kappa shape index (κ2) is 5.39. The van der Waals surface area contributed by atoms with Gasteiger partial charge in [-0.25, -0.2) is 4.79 Å². The predicted octanol–water partition coefficient (Wildman–Crippen LogP) is 0.619. The van der Waals surface area contributed by atoms with Gasteiger partial charge in [0.05, 0.1) is 6.54 Å². The molecule has 18 heavy (non-hydrogen) atoms. The molecule has 0 spiro atoms. The minimum absolute atomic E-state index is 0.0599. The van der Waals surface area contributed by atoms with E-state index in [2.05, 4.69) is 10.6 Å². The fraction of sp³-hybridized carbons (Fsp3) is 0.333. The van der Waals surface area contributed by atoms with Gasteiger partial charge in [0.15, 0.2) is 0 Å². The molecule has 0 unspecified atom stereocenters. The number of nitrogens with one attached hydrogen (secondary N) is 2. The Morgan fingerprint density at radius 2 is 2.33 bits per heavy atom. The molecule has 1 aliphatic rings. The average molecular weight is 250 g/mol. The molecule has 1 aromatic rings. The first-order chi connectivity index (χ1) is 8.66. The topological polar surface area (TPSA) is 87.7 Å². The van der Waals surface area contributed by atoms with Crippen molar-refractivity contribution in [3.8, 4) is 5.75 Å². The molecule has 0 saturated carbocycles. The maximum atomic E-state index is 11.5. The quantitative estimate of drug-likeness (QED) is 0.683. The molecule has 6 heteroatoms. The molecule has 1 heterocycles. The highest BCUT2D eigenvalue weighted by Gasteiger charge is 2.16. The normalized spacial score (nSPS) is 13.4. The molecule has 0 aromatic heterocycles. The highest BCUT2D eigenvalue weighted by Crippen LogP contribution is 2.20. The van der Waals surface area contributed by atoms with E-state index in [-0.39, 0.29) is 19.1 Å². The van der Waals surface area contributed by atoms with Crippen LogP contribution in [0.5, 0.6) is 5.75 Å². The lowest BCUT2D eigenvalue weighted by Crippen LogP contribution is -2.31. The number of amides is 2. The van der Waals surface area contributed by atoms with Gasteiger partial charge in [0.25, 0.3) is 5.91 Å². The van der Waals surface area contributed by atoms with Gasteiger partial charge >= 0.3 is 6.09 Å². The molecule has 0 bridgehead atoms. The zero-order valence-electron chi connectivity index (χ0n) is 9.73. The molecule has 0 aliphatic carbocycles. The minimum atomic E-state index is -1.07. The van der Waals surface area contributed by atoms with Crippen LogP contribution in [0.3, 0.4) is 0 Å². The maximum Gasteiger partial charge on any atom is 0.404 e. The number of rotatable bonds is 4. The summed E-state index contributed by atoms with van der Waals surface area (Å²) in [5.74, 6) is 0.589. The number of hydrogen-bond acceptors (Lipinski definition) is 3. The van der Waals surface area contributed by atoms with Crippen LogP contribution in [0.4, 0.5) is 4.79 Å². The fourth-order valence-corrected chi connectivity index (χ4v) is 1.82. The van der Waals surface area contributed by atoms with Crippen molar-refractivity contribution in [3.63, 3.8) is 0 Å². The third-order valence-electron chi connectivity index (χ3n) is 2.65. The van der Waals surface area contributed by atoms with Crippen LogP contribution >= 0.6 is 0 Å². The minimum Gasteiger partial charge on any atom is -0.492 e. The number of fused-ring (bicyclic) bond motifs is 1. The van der Waals surface area contributed by atoms with Gasteiger partial charge in [0.1, 0.15) is 12.4 Å². The first kappa shape index (κ1) is 12.2. The molecule has 1 aromatic carbocycles. The van der Waals surface area contributed by atoms with E-state index in [1.54, 1.807) is 12.1 Å². The second-order valence-electron chi connectivity index (χ2n) is 3.91. The lowest BCUT2D eigenvalue weighted by molar-refractivity contribution is 0.0946. The molecular weight excluding hydrogens is 236 g/mol. The van der Waals surface area contributed by atoms with Gasteiger partial charge in [-0.3, -0.25) is 4.79 Å². The van der Waals surface area contributed by atoms with E-state index in [1.165, 1.54) is 0 Å². The van der Waals surface area contributed by atoms with Crippen LogP contribution in [0.25, 0.3) is 0 Å². The van der Waals surface area contributed by atoms with Crippen molar-refractivity contribution in [1.29, 1.82) is 0 Å². The number of carboxylic acid groups (broad SMARTS) is 1. The van der Waals surface area contributed by atoms with Crippen LogP contribution in [0, 0.1) is 0 Å². The van der Waals surface area contributed by atoms with E-state index < -0.39 is 6.09 Å². The predicted molar refractivity (Wildman–Crippen MR) is 64.0 cm³/mol. The summed E-state index contributed by atoms with van der Waals surface area (Å²) in [6.45, 7) is 1.13. The number of hydrogen-bond donors (Lipinski definition) is 3. The molecule has 96 valence electrons. The molecule has 2 rings (SSSR count). The maximum absolute atomic E-state index is 11.5. The van der Waals surface area contributed by atoms with Gasteiger partial charge in [-0.05, 0) is 30.2 Å². The van der Waals surface area contributed by atoms with E-state index in [9.17, 15) is 9.59 Å². The van der Waals surface area contributed by atoms with Crippen LogP contribution in [-0.2, 0) is 6.42 Å². The third-order valence-corrected chi connectivity index (χ3v) is 2.65. The van der Waals surface area contributed by atoms with E-state index in [1.807, 2.05) is 6.07 Å². The van der Waals surface area contributed by atoms with E-state index in [0.29, 0.717) is 17.9 Å². The zero-order valence-corrected chi connectivity index (χ0v) is 9.73. The summed E-state index contributed by atoms with van der Waals surface area (Å²) in [5.41, 5.74) is 1.64. The number of benzene rings is 1. The van der Waals surface area contributed by atoms with Gasteiger partial charge in [-0.15, -0.1) is 0 Å². The number of ether oxygens (including phenoxy) is 1. The van der Waals surface area contributed by atoms with Gasteiger partial charge in [0.2, 0.25) is 0 Å². The smallest absolute Gasteiger partial charge is 0.404 e. The molecule has 6 nitrogen and oxygen atoms in total. The largest absolute Gasteiger partial charge is 0.492 e. The molecule has 3 N–H and O–H groups in total. The molecule has 2 amide bonds.